The molecule has 0 saturated carbocycles. The summed E-state index contributed by atoms with van der Waals surface area (Å²) in [4.78, 5) is 6.15. The van der Waals surface area contributed by atoms with E-state index >= 15 is 0 Å². The van der Waals surface area contributed by atoms with Crippen molar-refractivity contribution < 1.29 is 0 Å². The van der Waals surface area contributed by atoms with Crippen molar-refractivity contribution in [1.82, 2.24) is 15.2 Å². The molecule has 2 heterocycles. The number of aryl methyl sites for hydroxylation is 1. The summed E-state index contributed by atoms with van der Waals surface area (Å²) in [6.07, 6.45) is 0. The van der Waals surface area contributed by atoms with Gasteiger partial charge in [0.05, 0.1) is 29.0 Å². The van der Waals surface area contributed by atoms with Crippen molar-refractivity contribution >= 4 is 23.0 Å². The van der Waals surface area contributed by atoms with E-state index in [-0.39, 0.29) is 5.84 Å². The summed E-state index contributed by atoms with van der Waals surface area (Å²) < 4.78 is 0. The van der Waals surface area contributed by atoms with Gasteiger partial charge < -0.3 is 10.6 Å². The minimum absolute atomic E-state index is 0.00984. The Kier molecular flexibility index (Phi) is 3.75. The van der Waals surface area contributed by atoms with Crippen LogP contribution >= 0.6 is 11.3 Å². The van der Waals surface area contributed by atoms with Crippen LogP contribution in [-0.2, 0) is 6.54 Å². The first-order valence-corrected chi connectivity index (χ1v) is 6.71. The molecule has 0 atom stereocenters. The summed E-state index contributed by atoms with van der Waals surface area (Å²) in [6.45, 7) is 4.38. The van der Waals surface area contributed by atoms with Gasteiger partial charge in [0.2, 0.25) is 0 Å². The van der Waals surface area contributed by atoms with Crippen molar-refractivity contribution in [2.24, 2.45) is 5.73 Å². The summed E-state index contributed by atoms with van der Waals surface area (Å²) in [5.74, 6) is 0.624. The normalized spacial score (nSPS) is 10.5. The number of aromatic nitrogens is 3. The summed E-state index contributed by atoms with van der Waals surface area (Å²) in [5.41, 5.74) is 10.7. The molecule has 7 heteroatoms. The number of hydrogen-bond donors (Lipinski definition) is 2. The van der Waals surface area contributed by atoms with Gasteiger partial charge in [0, 0.05) is 12.4 Å². The molecule has 0 saturated heterocycles. The molecule has 0 aliphatic rings. The summed E-state index contributed by atoms with van der Waals surface area (Å²) in [7, 11) is 1.89. The first kappa shape index (κ1) is 13.4. The van der Waals surface area contributed by atoms with Crippen LogP contribution in [0.3, 0.4) is 0 Å². The van der Waals surface area contributed by atoms with E-state index in [4.69, 9.17) is 11.1 Å². The third kappa shape index (κ3) is 2.70. The van der Waals surface area contributed by atoms with Crippen molar-refractivity contribution in [1.29, 1.82) is 5.41 Å². The molecule has 6 nitrogen and oxygen atoms in total. The quantitative estimate of drug-likeness (QED) is 0.651. The first-order valence-electron chi connectivity index (χ1n) is 5.77. The van der Waals surface area contributed by atoms with Crippen LogP contribution in [-0.4, -0.2) is 28.1 Å². The maximum atomic E-state index is 7.73. The average Bonchev–Trinajstić information content (AvgIpc) is 2.84. The lowest BCUT2D eigenvalue weighted by molar-refractivity contribution is 0.833. The van der Waals surface area contributed by atoms with Crippen molar-refractivity contribution in [2.45, 2.75) is 20.4 Å². The van der Waals surface area contributed by atoms with Crippen LogP contribution in [0.2, 0.25) is 0 Å². The molecule has 100 valence electrons. The van der Waals surface area contributed by atoms with Gasteiger partial charge in [-0.2, -0.15) is 5.10 Å². The molecule has 0 fully saturated rings. The number of nitrogens with one attached hydrogen (secondary N) is 1. The molecule has 0 amide bonds. The van der Waals surface area contributed by atoms with Gasteiger partial charge in [-0.3, -0.25) is 5.41 Å². The summed E-state index contributed by atoms with van der Waals surface area (Å²) in [6, 6.07) is 0. The van der Waals surface area contributed by atoms with E-state index in [0.29, 0.717) is 17.9 Å². The van der Waals surface area contributed by atoms with Gasteiger partial charge in [-0.15, -0.1) is 16.4 Å². The van der Waals surface area contributed by atoms with Gasteiger partial charge >= 0.3 is 0 Å². The molecule has 3 N–H and O–H groups in total. The Labute approximate surface area is 115 Å². The lowest BCUT2D eigenvalue weighted by Crippen LogP contribution is -2.25. The maximum absolute atomic E-state index is 7.73. The fourth-order valence-corrected chi connectivity index (χ4v) is 2.37. The zero-order chi connectivity index (χ0) is 14.0. The molecule has 0 radical (unpaired) electrons. The van der Waals surface area contributed by atoms with Crippen LogP contribution < -0.4 is 10.6 Å². The molecular weight excluding hydrogens is 260 g/mol. The highest BCUT2D eigenvalue weighted by atomic mass is 32.1. The molecule has 0 aliphatic carbocycles. The van der Waals surface area contributed by atoms with Gasteiger partial charge in [-0.1, -0.05) is 0 Å². The van der Waals surface area contributed by atoms with E-state index in [0.717, 1.165) is 17.0 Å². The summed E-state index contributed by atoms with van der Waals surface area (Å²) in [5, 5.41) is 18.0. The van der Waals surface area contributed by atoms with E-state index in [1.165, 1.54) is 0 Å². The molecule has 0 aliphatic heterocycles. The standard InChI is InChI=1S/C12H16N6S/c1-7-8(2)16-17-12(10(7)11(13)14)18(3)4-9-5-19-6-15-9/h5-6H,4H2,1-3H3,(H3,13,14). The Bertz CT molecular complexity index is 593. The second-order valence-corrected chi connectivity index (χ2v) is 5.08. The maximum Gasteiger partial charge on any atom is 0.162 e. The number of thiazole rings is 1. The van der Waals surface area contributed by atoms with Gasteiger partial charge in [-0.25, -0.2) is 4.98 Å². The molecule has 0 aromatic carbocycles. The van der Waals surface area contributed by atoms with Crippen molar-refractivity contribution in [3.63, 3.8) is 0 Å². The second-order valence-electron chi connectivity index (χ2n) is 4.36. The minimum Gasteiger partial charge on any atom is -0.384 e. The fraction of sp³-hybridized carbons (Fsp3) is 0.333. The largest absolute Gasteiger partial charge is 0.384 e. The minimum atomic E-state index is 0.00984. The Morgan fingerprint density at radius 1 is 1.42 bits per heavy atom. The first-order chi connectivity index (χ1) is 9.00. The van der Waals surface area contributed by atoms with Crippen LogP contribution in [0.15, 0.2) is 10.9 Å². The van der Waals surface area contributed by atoms with E-state index in [2.05, 4.69) is 15.2 Å². The van der Waals surface area contributed by atoms with Crippen LogP contribution in [0.5, 0.6) is 0 Å². The molecule has 2 aromatic rings. The monoisotopic (exact) mass is 276 g/mol. The van der Waals surface area contributed by atoms with Crippen molar-refractivity contribution in [3.05, 3.63) is 33.4 Å². The Morgan fingerprint density at radius 2 is 2.16 bits per heavy atom. The van der Waals surface area contributed by atoms with Gasteiger partial charge in [-0.05, 0) is 19.4 Å². The van der Waals surface area contributed by atoms with Crippen LogP contribution in [0, 0.1) is 19.3 Å². The van der Waals surface area contributed by atoms with E-state index in [1.807, 2.05) is 31.2 Å². The zero-order valence-corrected chi connectivity index (χ0v) is 12.0. The predicted octanol–water partition coefficient (Wildman–Crippen LogP) is 1.47. The average molecular weight is 276 g/mol. The Morgan fingerprint density at radius 3 is 2.74 bits per heavy atom. The predicted molar refractivity (Wildman–Crippen MR) is 76.7 cm³/mol. The number of nitrogen functional groups attached to an aromatic ring is 1. The number of anilines is 1. The molecule has 0 unspecified atom stereocenters. The van der Waals surface area contributed by atoms with Crippen molar-refractivity contribution in [3.8, 4) is 0 Å². The third-order valence-corrected chi connectivity index (χ3v) is 3.58. The van der Waals surface area contributed by atoms with Gasteiger partial charge in [0.1, 0.15) is 5.84 Å². The van der Waals surface area contributed by atoms with Crippen molar-refractivity contribution in [2.75, 3.05) is 11.9 Å². The zero-order valence-electron chi connectivity index (χ0n) is 11.1. The lowest BCUT2D eigenvalue weighted by atomic mass is 10.1. The van der Waals surface area contributed by atoms with Gasteiger partial charge in [0.25, 0.3) is 0 Å². The SMILES string of the molecule is Cc1nnc(N(C)Cc2cscn2)c(C(=N)N)c1C. The Balaban J connectivity index is 2.38. The number of nitrogens with zero attached hydrogens (tertiary/aromatic N) is 4. The highest BCUT2D eigenvalue weighted by Gasteiger charge is 2.17. The summed E-state index contributed by atoms with van der Waals surface area (Å²) >= 11 is 1.55. The van der Waals surface area contributed by atoms with Crippen LogP contribution in [0.1, 0.15) is 22.5 Å². The number of rotatable bonds is 4. The number of nitrogens with two attached hydrogens (primary N) is 1. The molecule has 2 rings (SSSR count). The van der Waals surface area contributed by atoms with E-state index in [9.17, 15) is 0 Å². The molecule has 0 spiro atoms. The third-order valence-electron chi connectivity index (χ3n) is 2.95. The molecular formula is C12H16N6S. The fourth-order valence-electron chi connectivity index (χ4n) is 1.82. The van der Waals surface area contributed by atoms with Crippen LogP contribution in [0.25, 0.3) is 0 Å². The van der Waals surface area contributed by atoms with E-state index in [1.54, 1.807) is 16.8 Å². The van der Waals surface area contributed by atoms with Gasteiger partial charge in [0.15, 0.2) is 5.82 Å². The highest BCUT2D eigenvalue weighted by molar-refractivity contribution is 7.07. The second kappa shape index (κ2) is 5.31. The number of amidine groups is 1. The van der Waals surface area contributed by atoms with Crippen LogP contribution in [0.4, 0.5) is 5.82 Å². The molecule has 0 bridgehead atoms. The highest BCUT2D eigenvalue weighted by Crippen LogP contribution is 2.22. The lowest BCUT2D eigenvalue weighted by Gasteiger charge is -2.21. The number of hydrogen-bond acceptors (Lipinski definition) is 6. The Hall–Kier alpha value is -2.02. The smallest absolute Gasteiger partial charge is 0.162 e. The van der Waals surface area contributed by atoms with E-state index < -0.39 is 0 Å². The molecule has 2 aromatic heterocycles. The topological polar surface area (TPSA) is 91.8 Å². The molecule has 19 heavy (non-hydrogen) atoms.